The molecule has 0 saturated heterocycles. The van der Waals surface area contributed by atoms with Crippen LogP contribution in [0.3, 0.4) is 0 Å². The molecular weight excluding hydrogens is 216 g/mol. The van der Waals surface area contributed by atoms with E-state index in [4.69, 9.17) is 9.47 Å². The van der Waals surface area contributed by atoms with Gasteiger partial charge in [-0.25, -0.2) is 4.79 Å². The Morgan fingerprint density at radius 1 is 1.41 bits per heavy atom. The van der Waals surface area contributed by atoms with Crippen LogP contribution in [0.5, 0.6) is 0 Å². The molecule has 3 heteroatoms. The number of carbonyl (C=O) groups is 1. The minimum absolute atomic E-state index is 0.134. The molecule has 0 unspecified atom stereocenters. The molecule has 0 N–H and O–H groups in total. The molecule has 0 aromatic rings. The van der Waals surface area contributed by atoms with Crippen LogP contribution in [0.2, 0.25) is 0 Å². The van der Waals surface area contributed by atoms with E-state index in [2.05, 4.69) is 20.8 Å². The fourth-order valence-electron chi connectivity index (χ4n) is 2.73. The Balaban J connectivity index is 1.85. The summed E-state index contributed by atoms with van der Waals surface area (Å²) in [6, 6.07) is 0. The van der Waals surface area contributed by atoms with E-state index in [-0.39, 0.29) is 11.6 Å². The van der Waals surface area contributed by atoms with E-state index in [0.29, 0.717) is 0 Å². The molecule has 1 atom stereocenters. The second-order valence-corrected chi connectivity index (χ2v) is 5.81. The summed E-state index contributed by atoms with van der Waals surface area (Å²) in [5.74, 6) is 1.27. The van der Waals surface area contributed by atoms with Gasteiger partial charge >= 0.3 is 5.97 Å². The summed E-state index contributed by atoms with van der Waals surface area (Å²) >= 11 is 0. The molecule has 1 aliphatic carbocycles. The summed E-state index contributed by atoms with van der Waals surface area (Å²) in [6.45, 7) is 6.70. The zero-order chi connectivity index (χ0) is 12.5. The van der Waals surface area contributed by atoms with Crippen LogP contribution in [-0.4, -0.2) is 17.9 Å². The monoisotopic (exact) mass is 238 g/mol. The van der Waals surface area contributed by atoms with Crippen LogP contribution in [0, 0.1) is 11.8 Å². The first kappa shape index (κ1) is 12.6. The van der Waals surface area contributed by atoms with Crippen LogP contribution in [0.25, 0.3) is 0 Å². The zero-order valence-corrected chi connectivity index (χ0v) is 10.9. The van der Waals surface area contributed by atoms with Gasteiger partial charge in [0.05, 0.1) is 5.60 Å². The maximum Gasteiger partial charge on any atom is 0.333 e. The molecule has 1 saturated carbocycles. The molecule has 1 aliphatic heterocycles. The number of rotatable bonds is 3. The van der Waals surface area contributed by atoms with E-state index in [9.17, 15) is 4.79 Å². The zero-order valence-electron chi connectivity index (χ0n) is 10.9. The molecule has 0 amide bonds. The van der Waals surface area contributed by atoms with E-state index in [1.54, 1.807) is 6.08 Å². The number of carbonyl (C=O) groups excluding carboxylic acids is 1. The van der Waals surface area contributed by atoms with Crippen molar-refractivity contribution in [2.45, 2.75) is 58.3 Å². The Bertz CT molecular complexity index is 311. The second kappa shape index (κ2) is 4.81. The highest BCUT2D eigenvalue weighted by atomic mass is 16.7. The van der Waals surface area contributed by atoms with Crippen molar-refractivity contribution in [3.8, 4) is 0 Å². The van der Waals surface area contributed by atoms with Gasteiger partial charge in [0.15, 0.2) is 0 Å². The molecule has 0 radical (unpaired) electrons. The van der Waals surface area contributed by atoms with E-state index in [1.807, 2.05) is 0 Å². The first-order valence-corrected chi connectivity index (χ1v) is 6.55. The minimum atomic E-state index is -0.469. The molecule has 1 fully saturated rings. The van der Waals surface area contributed by atoms with Gasteiger partial charge < -0.3 is 9.47 Å². The van der Waals surface area contributed by atoms with Crippen molar-refractivity contribution in [3.63, 3.8) is 0 Å². The molecule has 0 aromatic carbocycles. The third-order valence-electron chi connectivity index (χ3n) is 4.05. The van der Waals surface area contributed by atoms with Crippen LogP contribution in [0.4, 0.5) is 0 Å². The fourth-order valence-corrected chi connectivity index (χ4v) is 2.73. The predicted molar refractivity (Wildman–Crippen MR) is 65.3 cm³/mol. The molecule has 1 heterocycles. The average Bonchev–Trinajstić information content (AvgIpc) is 2.63. The largest absolute Gasteiger partial charge is 0.429 e. The molecule has 0 bridgehead atoms. The number of esters is 1. The molecule has 2 rings (SSSR count). The topological polar surface area (TPSA) is 35.5 Å². The Labute approximate surface area is 103 Å². The van der Waals surface area contributed by atoms with Crippen molar-refractivity contribution in [1.29, 1.82) is 0 Å². The quantitative estimate of drug-likeness (QED) is 0.709. The van der Waals surface area contributed by atoms with Gasteiger partial charge in [-0.1, -0.05) is 13.8 Å². The average molecular weight is 238 g/mol. The van der Waals surface area contributed by atoms with Crippen molar-refractivity contribution in [2.24, 2.45) is 11.8 Å². The maximum atomic E-state index is 11.0. The fraction of sp³-hybridized carbons (Fsp3) is 0.786. The standard InChI is InChI=1S/C14H22O3/c1-10(2)11-6-8-14(3,9-7-11)17-13-5-4-12(15)16-13/h4-5,10-11,13H,6-9H2,1-3H3/t11?,13-,14?/m0/s1. The third kappa shape index (κ3) is 3.09. The smallest absolute Gasteiger partial charge is 0.333 e. The van der Waals surface area contributed by atoms with Crippen LogP contribution < -0.4 is 0 Å². The molecule has 0 spiro atoms. The van der Waals surface area contributed by atoms with Gasteiger partial charge in [0.25, 0.3) is 0 Å². The minimum Gasteiger partial charge on any atom is -0.429 e. The first-order valence-electron chi connectivity index (χ1n) is 6.55. The highest BCUT2D eigenvalue weighted by Crippen LogP contribution is 2.38. The van der Waals surface area contributed by atoms with Crippen molar-refractivity contribution >= 4 is 5.97 Å². The molecule has 2 aliphatic rings. The summed E-state index contributed by atoms with van der Waals surface area (Å²) in [6.07, 6.45) is 7.19. The highest BCUT2D eigenvalue weighted by Gasteiger charge is 2.36. The summed E-state index contributed by atoms with van der Waals surface area (Å²) in [5.41, 5.74) is -0.134. The lowest BCUT2D eigenvalue weighted by Gasteiger charge is -2.39. The summed E-state index contributed by atoms with van der Waals surface area (Å²) < 4.78 is 10.9. The van der Waals surface area contributed by atoms with E-state index >= 15 is 0 Å². The van der Waals surface area contributed by atoms with Gasteiger partial charge in [0.2, 0.25) is 6.29 Å². The Kier molecular flexibility index (Phi) is 3.57. The third-order valence-corrected chi connectivity index (χ3v) is 4.05. The van der Waals surface area contributed by atoms with Gasteiger partial charge in [-0.2, -0.15) is 0 Å². The SMILES string of the molecule is CC(C)C1CCC(C)(O[C@H]2C=CC(=O)O2)CC1. The Morgan fingerprint density at radius 3 is 2.53 bits per heavy atom. The molecule has 17 heavy (non-hydrogen) atoms. The Morgan fingerprint density at radius 2 is 2.06 bits per heavy atom. The van der Waals surface area contributed by atoms with Gasteiger partial charge in [-0.3, -0.25) is 0 Å². The summed E-state index contributed by atoms with van der Waals surface area (Å²) in [7, 11) is 0. The predicted octanol–water partition coefficient (Wildman–Crippen LogP) is 3.05. The van der Waals surface area contributed by atoms with Crippen molar-refractivity contribution in [3.05, 3.63) is 12.2 Å². The molecule has 3 nitrogen and oxygen atoms in total. The number of hydrogen-bond acceptors (Lipinski definition) is 3. The number of ether oxygens (including phenoxy) is 2. The summed E-state index contributed by atoms with van der Waals surface area (Å²) in [4.78, 5) is 11.0. The van der Waals surface area contributed by atoms with Gasteiger partial charge in [0.1, 0.15) is 0 Å². The number of hydrogen-bond donors (Lipinski definition) is 0. The van der Waals surface area contributed by atoms with Crippen LogP contribution in [0.1, 0.15) is 46.5 Å². The molecule has 96 valence electrons. The van der Waals surface area contributed by atoms with Gasteiger partial charge in [0, 0.05) is 6.08 Å². The van der Waals surface area contributed by atoms with E-state index in [1.165, 1.54) is 18.9 Å². The van der Waals surface area contributed by atoms with Crippen molar-refractivity contribution in [2.75, 3.05) is 0 Å². The Hall–Kier alpha value is -0.830. The van der Waals surface area contributed by atoms with Gasteiger partial charge in [-0.05, 0) is 50.5 Å². The van der Waals surface area contributed by atoms with E-state index in [0.717, 1.165) is 24.7 Å². The van der Waals surface area contributed by atoms with E-state index < -0.39 is 6.29 Å². The highest BCUT2D eigenvalue weighted by molar-refractivity contribution is 5.84. The summed E-state index contributed by atoms with van der Waals surface area (Å²) in [5, 5.41) is 0. The lowest BCUT2D eigenvalue weighted by atomic mass is 9.75. The molecular formula is C14H22O3. The lowest BCUT2D eigenvalue weighted by molar-refractivity contribution is -0.192. The van der Waals surface area contributed by atoms with Crippen LogP contribution in [0.15, 0.2) is 12.2 Å². The normalized spacial score (nSPS) is 37.5. The lowest BCUT2D eigenvalue weighted by Crippen LogP contribution is -2.38. The maximum absolute atomic E-state index is 11.0. The number of cyclic esters (lactones) is 1. The second-order valence-electron chi connectivity index (χ2n) is 5.81. The van der Waals surface area contributed by atoms with Gasteiger partial charge in [-0.15, -0.1) is 0 Å². The first-order chi connectivity index (χ1) is 7.98. The van der Waals surface area contributed by atoms with Crippen molar-refractivity contribution < 1.29 is 14.3 Å². The van der Waals surface area contributed by atoms with Crippen LogP contribution in [-0.2, 0) is 14.3 Å². The van der Waals surface area contributed by atoms with Crippen LogP contribution >= 0.6 is 0 Å². The molecule has 0 aromatic heterocycles. The van der Waals surface area contributed by atoms with Crippen molar-refractivity contribution in [1.82, 2.24) is 0 Å².